The minimum Gasteiger partial charge on any atom is -0.469 e. The molecule has 0 heterocycles. The fraction of sp³-hybridized carbons (Fsp3) is 0.778. The van der Waals surface area contributed by atoms with Crippen molar-refractivity contribution in [1.82, 2.24) is 0 Å². The summed E-state index contributed by atoms with van der Waals surface area (Å²) in [6, 6.07) is 0. The van der Waals surface area contributed by atoms with Gasteiger partial charge in [-0.05, 0) is 0 Å². The smallest absolute Gasteiger partial charge is 0.314 e. The number of ether oxygens (including phenoxy) is 4. The minimum absolute atomic E-state index is 0.637. The SMILES string of the molecule is COC(=O)C12C(Br)C3(C(=O)OC)C4(C(=O)OC)C(Br)C1(C(=O)OC)C2(C)C34C. The van der Waals surface area contributed by atoms with E-state index in [1.165, 1.54) is 28.4 Å². The van der Waals surface area contributed by atoms with Crippen LogP contribution in [0.25, 0.3) is 0 Å². The lowest BCUT2D eigenvalue weighted by molar-refractivity contribution is -0.170. The van der Waals surface area contributed by atoms with Crippen LogP contribution in [0.3, 0.4) is 0 Å². The molecule has 4 saturated carbocycles. The zero-order valence-corrected chi connectivity index (χ0v) is 19.3. The molecule has 4 aliphatic carbocycles. The standard InChI is InChI=1S/C18H20Br2O8/c1-13-14(2)17(11(23)27-5)7(19)15(13,9(21)25-3)16(13,10(22)26-4)8(20)18(14,17)12(24)28-6/h7-8H,1-6H3. The van der Waals surface area contributed by atoms with Crippen molar-refractivity contribution in [1.29, 1.82) is 0 Å². The van der Waals surface area contributed by atoms with Gasteiger partial charge in [-0.3, -0.25) is 19.2 Å². The van der Waals surface area contributed by atoms with Gasteiger partial charge >= 0.3 is 23.9 Å². The third-order valence-electron chi connectivity index (χ3n) is 8.82. The summed E-state index contributed by atoms with van der Waals surface area (Å²) in [4.78, 5) is 50.8. The lowest BCUT2D eigenvalue weighted by atomic mass is 9.67. The molecule has 0 aromatic carbocycles. The average molecular weight is 524 g/mol. The van der Waals surface area contributed by atoms with Crippen molar-refractivity contribution in [2.45, 2.75) is 23.5 Å². The van der Waals surface area contributed by atoms with E-state index in [4.69, 9.17) is 18.9 Å². The maximum absolute atomic E-state index is 13.2. The number of methoxy groups -OCH3 is 4. The zero-order valence-electron chi connectivity index (χ0n) is 16.2. The molecular formula is C18H20Br2O8. The third-order valence-corrected chi connectivity index (χ3v) is 11.6. The summed E-state index contributed by atoms with van der Waals surface area (Å²) in [6.07, 6.45) is 0. The van der Waals surface area contributed by atoms with Gasteiger partial charge in [-0.15, -0.1) is 0 Å². The fourth-order valence-electron chi connectivity index (χ4n) is 8.11. The molecule has 0 amide bonds. The Morgan fingerprint density at radius 2 is 0.750 bits per heavy atom. The number of hydrogen-bond donors (Lipinski definition) is 0. The minimum atomic E-state index is -1.41. The van der Waals surface area contributed by atoms with Crippen LogP contribution in [-0.2, 0) is 38.1 Å². The number of rotatable bonds is 4. The van der Waals surface area contributed by atoms with E-state index in [1.807, 2.05) is 0 Å². The Hall–Kier alpha value is -1.16. The number of halogens is 2. The molecule has 4 atom stereocenters. The van der Waals surface area contributed by atoms with Gasteiger partial charge in [0.15, 0.2) is 0 Å². The van der Waals surface area contributed by atoms with Gasteiger partial charge < -0.3 is 18.9 Å². The van der Waals surface area contributed by atoms with E-state index < -0.39 is 66.0 Å². The van der Waals surface area contributed by atoms with Gasteiger partial charge in [-0.2, -0.15) is 0 Å². The van der Waals surface area contributed by atoms with Crippen LogP contribution in [0.4, 0.5) is 0 Å². The summed E-state index contributed by atoms with van der Waals surface area (Å²) in [5, 5.41) is 0. The molecule has 4 rings (SSSR count). The molecule has 0 aromatic heterocycles. The van der Waals surface area contributed by atoms with Crippen LogP contribution in [-0.4, -0.2) is 62.0 Å². The highest BCUT2D eigenvalue weighted by molar-refractivity contribution is 9.10. The maximum atomic E-state index is 13.2. The van der Waals surface area contributed by atoms with E-state index in [1.54, 1.807) is 13.8 Å². The second-order valence-electron chi connectivity index (χ2n) is 8.17. The summed E-state index contributed by atoms with van der Waals surface area (Å²) in [5.74, 6) is -2.55. The van der Waals surface area contributed by atoms with Crippen LogP contribution in [0.5, 0.6) is 0 Å². The van der Waals surface area contributed by atoms with E-state index in [-0.39, 0.29) is 0 Å². The quantitative estimate of drug-likeness (QED) is 0.307. The van der Waals surface area contributed by atoms with Crippen LogP contribution in [0, 0.1) is 32.5 Å². The maximum Gasteiger partial charge on any atom is 0.314 e. The van der Waals surface area contributed by atoms with Crippen LogP contribution < -0.4 is 0 Å². The molecule has 8 nitrogen and oxygen atoms in total. The van der Waals surface area contributed by atoms with Crippen molar-refractivity contribution in [3.8, 4) is 0 Å². The molecule has 4 unspecified atom stereocenters. The molecule has 10 heteroatoms. The predicted octanol–water partition coefficient (Wildman–Crippen LogP) is 1.22. The first-order chi connectivity index (χ1) is 13.0. The fourth-order valence-corrected chi connectivity index (χ4v) is 12.1. The van der Waals surface area contributed by atoms with Crippen molar-refractivity contribution >= 4 is 55.7 Å². The highest BCUT2D eigenvalue weighted by atomic mass is 79.9. The van der Waals surface area contributed by atoms with Gasteiger partial charge in [0.2, 0.25) is 0 Å². The first-order valence-electron chi connectivity index (χ1n) is 8.61. The van der Waals surface area contributed by atoms with E-state index in [0.717, 1.165) is 0 Å². The van der Waals surface area contributed by atoms with E-state index in [2.05, 4.69) is 31.9 Å². The average Bonchev–Trinajstić information content (AvgIpc) is 3.42. The van der Waals surface area contributed by atoms with Crippen molar-refractivity contribution in [2.24, 2.45) is 32.5 Å². The van der Waals surface area contributed by atoms with Crippen LogP contribution >= 0.6 is 31.9 Å². The molecule has 0 saturated heterocycles. The van der Waals surface area contributed by atoms with Gasteiger partial charge in [-0.1, -0.05) is 45.7 Å². The van der Waals surface area contributed by atoms with Gasteiger partial charge in [0.1, 0.15) is 21.7 Å². The highest BCUT2D eigenvalue weighted by Crippen LogP contribution is 3.15. The highest BCUT2D eigenvalue weighted by Gasteiger charge is 3.25. The third kappa shape index (κ3) is 1.09. The van der Waals surface area contributed by atoms with Crippen molar-refractivity contribution < 1.29 is 38.1 Å². The Balaban J connectivity index is 2.13. The second-order valence-corrected chi connectivity index (χ2v) is 10.0. The monoisotopic (exact) mass is 522 g/mol. The van der Waals surface area contributed by atoms with Crippen molar-refractivity contribution in [3.63, 3.8) is 0 Å². The van der Waals surface area contributed by atoms with E-state index in [9.17, 15) is 19.2 Å². The lowest BCUT2D eigenvalue weighted by Crippen LogP contribution is -2.58. The molecule has 0 spiro atoms. The molecule has 0 radical (unpaired) electrons. The summed E-state index contributed by atoms with van der Waals surface area (Å²) < 4.78 is 20.4. The molecule has 28 heavy (non-hydrogen) atoms. The Bertz CT molecular complexity index is 742. The number of carbonyl (C=O) groups excluding carboxylic acids is 4. The molecular weight excluding hydrogens is 504 g/mol. The Morgan fingerprint density at radius 3 is 0.893 bits per heavy atom. The zero-order chi connectivity index (χ0) is 21.3. The van der Waals surface area contributed by atoms with Crippen molar-refractivity contribution in [2.75, 3.05) is 28.4 Å². The first-order valence-corrected chi connectivity index (χ1v) is 10.4. The van der Waals surface area contributed by atoms with Gasteiger partial charge in [0.05, 0.1) is 38.1 Å². The molecule has 0 aromatic rings. The number of alkyl halides is 2. The second kappa shape index (κ2) is 4.94. The van der Waals surface area contributed by atoms with E-state index in [0.29, 0.717) is 0 Å². The molecule has 0 aliphatic heterocycles. The first kappa shape index (κ1) is 20.1. The molecule has 154 valence electrons. The van der Waals surface area contributed by atoms with Gasteiger partial charge in [0, 0.05) is 10.8 Å². The van der Waals surface area contributed by atoms with E-state index >= 15 is 0 Å². The van der Waals surface area contributed by atoms with Crippen molar-refractivity contribution in [3.05, 3.63) is 0 Å². The molecule has 4 aliphatic rings. The lowest BCUT2D eigenvalue weighted by Gasteiger charge is -2.41. The normalized spacial score (nSPS) is 53.7. The summed E-state index contributed by atoms with van der Waals surface area (Å²) >= 11 is 7.09. The number of hydrogen-bond acceptors (Lipinski definition) is 8. The molecule has 0 bridgehead atoms. The summed E-state index contributed by atoms with van der Waals surface area (Å²) in [5.41, 5.74) is -7.86. The topological polar surface area (TPSA) is 105 Å². The largest absolute Gasteiger partial charge is 0.469 e. The number of esters is 4. The number of carbonyl (C=O) groups is 4. The van der Waals surface area contributed by atoms with Gasteiger partial charge in [0.25, 0.3) is 0 Å². The summed E-state index contributed by atoms with van der Waals surface area (Å²) in [6.45, 7) is 3.48. The molecule has 4 fully saturated rings. The Kier molecular flexibility index (Phi) is 3.55. The van der Waals surface area contributed by atoms with Crippen LogP contribution in [0.2, 0.25) is 0 Å². The van der Waals surface area contributed by atoms with Crippen LogP contribution in [0.1, 0.15) is 13.8 Å². The summed E-state index contributed by atoms with van der Waals surface area (Å²) in [7, 11) is 4.92. The number of fused-ring (bicyclic) bond motifs is 2. The Morgan fingerprint density at radius 1 is 0.571 bits per heavy atom. The Labute approximate surface area is 178 Å². The van der Waals surface area contributed by atoms with Gasteiger partial charge in [-0.25, -0.2) is 0 Å². The van der Waals surface area contributed by atoms with Crippen LogP contribution in [0.15, 0.2) is 0 Å². The molecule has 0 N–H and O–H groups in total. The predicted molar refractivity (Wildman–Crippen MR) is 99.4 cm³/mol.